The molecular weight excluding hydrogens is 244 g/mol. The predicted octanol–water partition coefficient (Wildman–Crippen LogP) is 1.89. The van der Waals surface area contributed by atoms with Gasteiger partial charge in [-0.3, -0.25) is 4.79 Å². The van der Waals surface area contributed by atoms with Crippen LogP contribution in [0.4, 0.5) is 0 Å². The molecule has 19 heavy (non-hydrogen) atoms. The van der Waals surface area contributed by atoms with Crippen molar-refractivity contribution in [2.45, 2.75) is 33.1 Å². The van der Waals surface area contributed by atoms with Gasteiger partial charge in [0.25, 0.3) is 0 Å². The monoisotopic (exact) mass is 264 g/mol. The van der Waals surface area contributed by atoms with Crippen LogP contribution in [-0.2, 0) is 16.0 Å². The van der Waals surface area contributed by atoms with E-state index in [-0.39, 0.29) is 11.8 Å². The zero-order chi connectivity index (χ0) is 14.4. The van der Waals surface area contributed by atoms with Gasteiger partial charge in [-0.2, -0.15) is 0 Å². The molecule has 0 heterocycles. The number of rotatable bonds is 5. The van der Waals surface area contributed by atoms with E-state index in [1.807, 2.05) is 26.0 Å². The van der Waals surface area contributed by atoms with Crippen LogP contribution in [0.1, 0.15) is 35.1 Å². The van der Waals surface area contributed by atoms with Crippen molar-refractivity contribution in [1.82, 2.24) is 0 Å². The largest absolute Gasteiger partial charge is 0.469 e. The summed E-state index contributed by atoms with van der Waals surface area (Å²) in [7, 11) is 1.39. The van der Waals surface area contributed by atoms with Gasteiger partial charge in [0, 0.05) is 12.0 Å². The van der Waals surface area contributed by atoms with Crippen molar-refractivity contribution in [3.63, 3.8) is 0 Å². The minimum Gasteiger partial charge on any atom is -0.469 e. The number of esters is 1. The molecule has 0 atom stereocenters. The second kappa shape index (κ2) is 6.78. The van der Waals surface area contributed by atoms with Crippen LogP contribution in [0.2, 0.25) is 0 Å². The molecule has 0 bridgehead atoms. The Balaban J connectivity index is 2.83. The van der Waals surface area contributed by atoms with Crippen LogP contribution in [0, 0.1) is 13.8 Å². The molecule has 1 aromatic rings. The second-order valence-electron chi connectivity index (χ2n) is 4.50. The fourth-order valence-electron chi connectivity index (χ4n) is 2.10. The number of oxime groups is 1. The summed E-state index contributed by atoms with van der Waals surface area (Å²) in [5.74, 6) is -0.0871. The molecule has 0 aliphatic rings. The number of carbonyl (C=O) groups excluding carboxylic acids is 1. The number of ether oxygens (including phenoxy) is 1. The normalized spacial score (nSPS) is 11.4. The van der Waals surface area contributed by atoms with Crippen LogP contribution < -0.4 is 5.73 Å². The standard InChI is InChI=1S/C14H20N2O3/c1-9-7-11(14(15)16-18)8-10(2)12(9)5-4-6-13(17)19-3/h7-8,18H,4-6H2,1-3H3,(H2,15,16). The zero-order valence-corrected chi connectivity index (χ0v) is 11.6. The van der Waals surface area contributed by atoms with Crippen LogP contribution in [0.15, 0.2) is 17.3 Å². The number of aryl methyl sites for hydroxylation is 2. The van der Waals surface area contributed by atoms with Gasteiger partial charge in [0.05, 0.1) is 7.11 Å². The van der Waals surface area contributed by atoms with Gasteiger partial charge in [0.1, 0.15) is 0 Å². The first-order chi connectivity index (χ1) is 8.99. The number of amidine groups is 1. The zero-order valence-electron chi connectivity index (χ0n) is 11.6. The molecule has 0 radical (unpaired) electrons. The van der Waals surface area contributed by atoms with Crippen LogP contribution >= 0.6 is 0 Å². The van der Waals surface area contributed by atoms with E-state index >= 15 is 0 Å². The van der Waals surface area contributed by atoms with E-state index in [2.05, 4.69) is 9.89 Å². The third-order valence-electron chi connectivity index (χ3n) is 3.13. The van der Waals surface area contributed by atoms with E-state index in [1.165, 1.54) is 12.7 Å². The Morgan fingerprint density at radius 3 is 2.42 bits per heavy atom. The average molecular weight is 264 g/mol. The van der Waals surface area contributed by atoms with E-state index in [1.54, 1.807) is 0 Å². The van der Waals surface area contributed by atoms with Crippen LogP contribution in [0.3, 0.4) is 0 Å². The SMILES string of the molecule is COC(=O)CCCc1c(C)cc(/C(N)=N/O)cc1C. The van der Waals surface area contributed by atoms with E-state index < -0.39 is 0 Å². The van der Waals surface area contributed by atoms with Gasteiger partial charge in [0.15, 0.2) is 5.84 Å². The summed E-state index contributed by atoms with van der Waals surface area (Å²) in [6.45, 7) is 3.96. The first kappa shape index (κ1) is 15.0. The highest BCUT2D eigenvalue weighted by atomic mass is 16.5. The predicted molar refractivity (Wildman–Crippen MR) is 73.4 cm³/mol. The van der Waals surface area contributed by atoms with E-state index in [4.69, 9.17) is 10.9 Å². The Bertz CT molecular complexity index is 472. The number of carbonyl (C=O) groups is 1. The molecule has 0 amide bonds. The van der Waals surface area contributed by atoms with Crippen molar-refractivity contribution in [1.29, 1.82) is 0 Å². The summed E-state index contributed by atoms with van der Waals surface area (Å²) in [5.41, 5.74) is 9.63. The first-order valence-electron chi connectivity index (χ1n) is 6.14. The molecular formula is C14H20N2O3. The van der Waals surface area contributed by atoms with Crippen LogP contribution in [0.5, 0.6) is 0 Å². The van der Waals surface area contributed by atoms with Gasteiger partial charge in [-0.25, -0.2) is 0 Å². The van der Waals surface area contributed by atoms with Gasteiger partial charge < -0.3 is 15.7 Å². The fraction of sp³-hybridized carbons (Fsp3) is 0.429. The van der Waals surface area contributed by atoms with Crippen molar-refractivity contribution in [3.8, 4) is 0 Å². The molecule has 0 fully saturated rings. The summed E-state index contributed by atoms with van der Waals surface area (Å²) >= 11 is 0. The summed E-state index contributed by atoms with van der Waals surface area (Å²) in [4.78, 5) is 11.1. The molecule has 0 aliphatic carbocycles. The Morgan fingerprint density at radius 1 is 1.37 bits per heavy atom. The molecule has 5 heteroatoms. The van der Waals surface area contributed by atoms with Gasteiger partial charge in [0.2, 0.25) is 0 Å². The summed E-state index contributed by atoms with van der Waals surface area (Å²) < 4.78 is 4.61. The molecule has 5 nitrogen and oxygen atoms in total. The highest BCUT2D eigenvalue weighted by molar-refractivity contribution is 5.97. The summed E-state index contributed by atoms with van der Waals surface area (Å²) in [6.07, 6.45) is 1.97. The lowest BCUT2D eigenvalue weighted by atomic mass is 9.95. The number of methoxy groups -OCH3 is 1. The van der Waals surface area contributed by atoms with Crippen molar-refractivity contribution in [2.24, 2.45) is 10.9 Å². The maximum Gasteiger partial charge on any atom is 0.305 e. The molecule has 1 rings (SSSR count). The fourth-order valence-corrected chi connectivity index (χ4v) is 2.10. The molecule has 0 aromatic heterocycles. The van der Waals surface area contributed by atoms with E-state index in [0.29, 0.717) is 12.0 Å². The molecule has 0 saturated heterocycles. The molecule has 0 spiro atoms. The van der Waals surface area contributed by atoms with Crippen molar-refractivity contribution < 1.29 is 14.7 Å². The van der Waals surface area contributed by atoms with Gasteiger partial charge in [-0.1, -0.05) is 5.16 Å². The lowest BCUT2D eigenvalue weighted by Gasteiger charge is -2.12. The van der Waals surface area contributed by atoms with E-state index in [9.17, 15) is 4.79 Å². The van der Waals surface area contributed by atoms with Gasteiger partial charge >= 0.3 is 5.97 Å². The molecule has 3 N–H and O–H groups in total. The third-order valence-corrected chi connectivity index (χ3v) is 3.13. The van der Waals surface area contributed by atoms with Crippen LogP contribution in [0.25, 0.3) is 0 Å². The smallest absolute Gasteiger partial charge is 0.305 e. The number of benzene rings is 1. The van der Waals surface area contributed by atoms with Gasteiger partial charge in [-0.05, 0) is 55.5 Å². The lowest BCUT2D eigenvalue weighted by Crippen LogP contribution is -2.14. The first-order valence-corrected chi connectivity index (χ1v) is 6.14. The maximum atomic E-state index is 11.1. The van der Waals surface area contributed by atoms with Gasteiger partial charge in [-0.15, -0.1) is 0 Å². The third kappa shape index (κ3) is 3.98. The molecule has 0 saturated carbocycles. The number of hydrogen-bond donors (Lipinski definition) is 2. The quantitative estimate of drug-likeness (QED) is 0.279. The maximum absolute atomic E-state index is 11.1. The van der Waals surface area contributed by atoms with Crippen molar-refractivity contribution in [2.75, 3.05) is 7.11 Å². The average Bonchev–Trinajstić information content (AvgIpc) is 2.40. The molecule has 0 unspecified atom stereocenters. The minimum atomic E-state index is -0.191. The highest BCUT2D eigenvalue weighted by Gasteiger charge is 2.09. The summed E-state index contributed by atoms with van der Waals surface area (Å²) in [5, 5.41) is 11.7. The Morgan fingerprint density at radius 2 is 1.95 bits per heavy atom. The molecule has 0 aliphatic heterocycles. The highest BCUT2D eigenvalue weighted by Crippen LogP contribution is 2.19. The van der Waals surface area contributed by atoms with Crippen LogP contribution in [-0.4, -0.2) is 24.1 Å². The number of hydrogen-bond acceptors (Lipinski definition) is 4. The topological polar surface area (TPSA) is 84.9 Å². The van der Waals surface area contributed by atoms with E-state index in [0.717, 1.165) is 24.0 Å². The molecule has 1 aromatic carbocycles. The Labute approximate surface area is 113 Å². The number of nitrogens with zero attached hydrogens (tertiary/aromatic N) is 1. The Hall–Kier alpha value is -2.04. The minimum absolute atomic E-state index is 0.104. The lowest BCUT2D eigenvalue weighted by molar-refractivity contribution is -0.140. The number of nitrogens with two attached hydrogens (primary N) is 1. The van der Waals surface area contributed by atoms with Crippen molar-refractivity contribution in [3.05, 3.63) is 34.4 Å². The molecule has 104 valence electrons. The van der Waals surface area contributed by atoms with Crippen molar-refractivity contribution >= 4 is 11.8 Å². The second-order valence-corrected chi connectivity index (χ2v) is 4.50. The Kier molecular flexibility index (Phi) is 5.36. The summed E-state index contributed by atoms with van der Waals surface area (Å²) in [6, 6.07) is 3.77.